The summed E-state index contributed by atoms with van der Waals surface area (Å²) in [5.74, 6) is 0.209. The van der Waals surface area contributed by atoms with Crippen molar-refractivity contribution in [2.45, 2.75) is 46.1 Å². The second kappa shape index (κ2) is 11.3. The van der Waals surface area contributed by atoms with Gasteiger partial charge in [-0.2, -0.15) is 0 Å². The monoisotopic (exact) mass is 447 g/mol. The predicted octanol–water partition coefficient (Wildman–Crippen LogP) is 6.03. The molecule has 6 heteroatoms. The van der Waals surface area contributed by atoms with Crippen LogP contribution in [0.3, 0.4) is 0 Å². The topological polar surface area (TPSA) is 85.7 Å². The Morgan fingerprint density at radius 3 is 2.45 bits per heavy atom. The van der Waals surface area contributed by atoms with Crippen LogP contribution in [0.1, 0.15) is 60.8 Å². The Bertz CT molecular complexity index is 1110. The summed E-state index contributed by atoms with van der Waals surface area (Å²) >= 11 is 0. The molecule has 0 unspecified atom stereocenters. The number of carboxylic acid groups (broad SMARTS) is 1. The van der Waals surface area contributed by atoms with Gasteiger partial charge in [-0.15, -0.1) is 0 Å². The second-order valence-corrected chi connectivity index (χ2v) is 7.94. The summed E-state index contributed by atoms with van der Waals surface area (Å²) in [6.07, 6.45) is 2.61. The highest BCUT2D eigenvalue weighted by Gasteiger charge is 2.17. The van der Waals surface area contributed by atoms with Gasteiger partial charge in [0.15, 0.2) is 12.4 Å². The maximum atomic E-state index is 11.6. The molecule has 0 fully saturated rings. The number of rotatable bonds is 11. The fraction of sp³-hybridized carbons (Fsp3) is 0.296. The van der Waals surface area contributed by atoms with Gasteiger partial charge in [0.1, 0.15) is 17.6 Å². The first kappa shape index (κ1) is 24.0. The van der Waals surface area contributed by atoms with Crippen molar-refractivity contribution >= 4 is 11.8 Å². The third kappa shape index (κ3) is 6.65. The van der Waals surface area contributed by atoms with Crippen molar-refractivity contribution in [3.8, 4) is 22.8 Å². The summed E-state index contributed by atoms with van der Waals surface area (Å²) in [6, 6.07) is 18.7. The lowest BCUT2D eigenvalue weighted by atomic mass is 10.0. The molecule has 172 valence electrons. The molecular formula is C27H29NO5. The number of Topliss-reactive ketones (excluding diaryl/α,β-unsaturated/α-hetero) is 1. The third-order valence-electron chi connectivity index (χ3n) is 5.28. The highest BCUT2D eigenvalue weighted by molar-refractivity contribution is 5.94. The Labute approximate surface area is 194 Å². The van der Waals surface area contributed by atoms with Crippen LogP contribution in [0.15, 0.2) is 60.7 Å². The summed E-state index contributed by atoms with van der Waals surface area (Å²) < 4.78 is 11.6. The number of benzene rings is 2. The quantitative estimate of drug-likeness (QED) is 0.361. The van der Waals surface area contributed by atoms with E-state index in [9.17, 15) is 9.59 Å². The Morgan fingerprint density at radius 2 is 1.82 bits per heavy atom. The van der Waals surface area contributed by atoms with E-state index in [1.54, 1.807) is 19.1 Å². The first-order valence-electron chi connectivity index (χ1n) is 11.1. The SMILES string of the molecule is CCCC[C@@H](Oc1ccc(OCC(=O)O)c(C)c1)c1cccc(-c2ccc(C(C)=O)cc2)n1. The molecule has 3 aromatic rings. The lowest BCUT2D eigenvalue weighted by molar-refractivity contribution is -0.139. The lowest BCUT2D eigenvalue weighted by Gasteiger charge is -2.20. The number of pyridine rings is 1. The maximum Gasteiger partial charge on any atom is 0.341 e. The number of ketones is 1. The maximum absolute atomic E-state index is 11.6. The average molecular weight is 448 g/mol. The van der Waals surface area contributed by atoms with Crippen molar-refractivity contribution in [3.05, 3.63) is 77.5 Å². The van der Waals surface area contributed by atoms with Crippen LogP contribution in [0, 0.1) is 6.92 Å². The number of unbranched alkanes of at least 4 members (excludes halogenated alkanes) is 1. The van der Waals surface area contributed by atoms with Crippen molar-refractivity contribution in [3.63, 3.8) is 0 Å². The third-order valence-corrected chi connectivity index (χ3v) is 5.28. The van der Waals surface area contributed by atoms with Crippen LogP contribution in [0.5, 0.6) is 11.5 Å². The number of hydrogen-bond donors (Lipinski definition) is 1. The number of carboxylic acids is 1. The van der Waals surface area contributed by atoms with E-state index in [2.05, 4.69) is 6.92 Å². The highest BCUT2D eigenvalue weighted by atomic mass is 16.5. The Morgan fingerprint density at radius 1 is 1.06 bits per heavy atom. The first-order valence-corrected chi connectivity index (χ1v) is 11.1. The molecule has 1 atom stereocenters. The zero-order chi connectivity index (χ0) is 23.8. The molecule has 33 heavy (non-hydrogen) atoms. The zero-order valence-corrected chi connectivity index (χ0v) is 19.2. The molecule has 6 nitrogen and oxygen atoms in total. The Kier molecular flexibility index (Phi) is 8.19. The second-order valence-electron chi connectivity index (χ2n) is 7.94. The van der Waals surface area contributed by atoms with E-state index < -0.39 is 5.97 Å². The molecule has 0 aliphatic rings. The molecule has 0 saturated carbocycles. The lowest BCUT2D eigenvalue weighted by Crippen LogP contribution is -2.11. The van der Waals surface area contributed by atoms with Crippen molar-refractivity contribution in [2.75, 3.05) is 6.61 Å². The van der Waals surface area contributed by atoms with Crippen LogP contribution < -0.4 is 9.47 Å². The van der Waals surface area contributed by atoms with Crippen LogP contribution in [-0.4, -0.2) is 28.4 Å². The van der Waals surface area contributed by atoms with E-state index in [1.165, 1.54) is 0 Å². The van der Waals surface area contributed by atoms with E-state index in [0.29, 0.717) is 17.1 Å². The van der Waals surface area contributed by atoms with E-state index in [0.717, 1.165) is 41.8 Å². The largest absolute Gasteiger partial charge is 0.484 e. The molecule has 0 spiro atoms. The van der Waals surface area contributed by atoms with Crippen LogP contribution in [0.4, 0.5) is 0 Å². The van der Waals surface area contributed by atoms with E-state index in [1.807, 2.05) is 55.5 Å². The Balaban J connectivity index is 1.83. The normalized spacial score (nSPS) is 11.6. The van der Waals surface area contributed by atoms with Gasteiger partial charge in [-0.1, -0.05) is 43.7 Å². The number of aliphatic carboxylic acids is 1. The fourth-order valence-corrected chi connectivity index (χ4v) is 3.48. The van der Waals surface area contributed by atoms with E-state index in [-0.39, 0.29) is 18.5 Å². The molecule has 0 aliphatic carbocycles. The molecule has 1 aromatic heterocycles. The summed E-state index contributed by atoms with van der Waals surface area (Å²) in [7, 11) is 0. The standard InChI is InChI=1S/C27H29NO5/c1-4-5-9-26(33-22-14-15-25(18(2)16-22)32-17-27(30)31)24-8-6-7-23(28-24)21-12-10-20(11-13-21)19(3)29/h6-8,10-16,26H,4-5,9,17H2,1-3H3,(H,30,31)/t26-/m1/s1. The van der Waals surface area contributed by atoms with Gasteiger partial charge in [-0.25, -0.2) is 9.78 Å². The molecule has 3 rings (SSSR count). The highest BCUT2D eigenvalue weighted by Crippen LogP contribution is 2.30. The molecule has 0 amide bonds. The van der Waals surface area contributed by atoms with Crippen LogP contribution in [0.25, 0.3) is 11.3 Å². The van der Waals surface area contributed by atoms with E-state index >= 15 is 0 Å². The first-order chi connectivity index (χ1) is 15.9. The van der Waals surface area contributed by atoms with Crippen LogP contribution >= 0.6 is 0 Å². The number of nitrogens with zero attached hydrogens (tertiary/aromatic N) is 1. The molecule has 1 heterocycles. The van der Waals surface area contributed by atoms with Gasteiger partial charge < -0.3 is 14.6 Å². The summed E-state index contributed by atoms with van der Waals surface area (Å²) in [4.78, 5) is 27.2. The minimum Gasteiger partial charge on any atom is -0.484 e. The fourth-order valence-electron chi connectivity index (χ4n) is 3.48. The van der Waals surface area contributed by atoms with Crippen molar-refractivity contribution < 1.29 is 24.2 Å². The predicted molar refractivity (Wildman–Crippen MR) is 127 cm³/mol. The van der Waals surface area contributed by atoms with Gasteiger partial charge in [0.05, 0.1) is 11.4 Å². The number of aryl methyl sites for hydroxylation is 1. The molecular weight excluding hydrogens is 418 g/mol. The van der Waals surface area contributed by atoms with Crippen LogP contribution in [0.2, 0.25) is 0 Å². The number of ether oxygens (including phenoxy) is 2. The van der Waals surface area contributed by atoms with Crippen molar-refractivity contribution in [1.82, 2.24) is 4.98 Å². The summed E-state index contributed by atoms with van der Waals surface area (Å²) in [5.41, 5.74) is 4.06. The smallest absolute Gasteiger partial charge is 0.341 e. The number of carbonyl (C=O) groups excluding carboxylic acids is 1. The average Bonchev–Trinajstić information content (AvgIpc) is 2.81. The zero-order valence-electron chi connectivity index (χ0n) is 19.2. The van der Waals surface area contributed by atoms with Gasteiger partial charge in [0.2, 0.25) is 0 Å². The molecule has 0 aliphatic heterocycles. The minimum atomic E-state index is -1.02. The van der Waals surface area contributed by atoms with E-state index in [4.69, 9.17) is 19.6 Å². The van der Waals surface area contributed by atoms with Gasteiger partial charge in [-0.3, -0.25) is 4.79 Å². The number of carbonyl (C=O) groups is 2. The van der Waals surface area contributed by atoms with Gasteiger partial charge in [0, 0.05) is 11.1 Å². The summed E-state index contributed by atoms with van der Waals surface area (Å²) in [6.45, 7) is 5.16. The minimum absolute atomic E-state index is 0.0333. The van der Waals surface area contributed by atoms with Gasteiger partial charge in [-0.05, 0) is 62.6 Å². The number of aromatic nitrogens is 1. The van der Waals surface area contributed by atoms with Crippen molar-refractivity contribution in [1.29, 1.82) is 0 Å². The molecule has 0 bridgehead atoms. The van der Waals surface area contributed by atoms with Gasteiger partial charge in [0.25, 0.3) is 0 Å². The Hall–Kier alpha value is -3.67. The van der Waals surface area contributed by atoms with Crippen LogP contribution in [-0.2, 0) is 4.79 Å². The number of hydrogen-bond acceptors (Lipinski definition) is 5. The summed E-state index contributed by atoms with van der Waals surface area (Å²) in [5, 5.41) is 8.82. The van der Waals surface area contributed by atoms with Gasteiger partial charge >= 0.3 is 5.97 Å². The molecule has 0 radical (unpaired) electrons. The molecule has 0 saturated heterocycles. The molecule has 1 N–H and O–H groups in total. The van der Waals surface area contributed by atoms with Crippen molar-refractivity contribution in [2.24, 2.45) is 0 Å². The molecule has 2 aromatic carbocycles.